The minimum absolute atomic E-state index is 0.0327. The van der Waals surface area contributed by atoms with Crippen LogP contribution >= 0.6 is 17.1 Å². The monoisotopic (exact) mass is 334 g/mol. The number of unbranched alkanes of at least 4 members (excludes halogenated alkanes) is 1. The average Bonchev–Trinajstić information content (AvgIpc) is 2.48. The predicted molar refractivity (Wildman–Crippen MR) is 90.7 cm³/mol. The van der Waals surface area contributed by atoms with Crippen molar-refractivity contribution in [3.63, 3.8) is 0 Å². The van der Waals surface area contributed by atoms with Gasteiger partial charge in [0.1, 0.15) is 5.44 Å². The summed E-state index contributed by atoms with van der Waals surface area (Å²) in [7, 11) is 3.20. The molecule has 0 heterocycles. The molecule has 1 aromatic carbocycles. The van der Waals surface area contributed by atoms with E-state index in [9.17, 15) is 0 Å². The summed E-state index contributed by atoms with van der Waals surface area (Å²) >= 11 is 6.92. The lowest BCUT2D eigenvalue weighted by atomic mass is 10.2. The first kappa shape index (κ1) is 18.1. The maximum Gasteiger partial charge on any atom is 0.249 e. The molecule has 0 radical (unpaired) electrons. The number of ether oxygens (including phenoxy) is 1. The van der Waals surface area contributed by atoms with E-state index in [2.05, 4.69) is 19.1 Å². The summed E-state index contributed by atoms with van der Waals surface area (Å²) in [6.45, 7) is 2.89. The SMILES string of the molecule is CCCCOC(Cc1ccccc1)SP(=S)(OC)OC. The van der Waals surface area contributed by atoms with Crippen LogP contribution < -0.4 is 0 Å². The lowest BCUT2D eigenvalue weighted by Crippen LogP contribution is -2.13. The third-order valence-electron chi connectivity index (χ3n) is 2.74. The second-order valence-electron chi connectivity index (χ2n) is 4.26. The molecule has 0 amide bonds. The Morgan fingerprint density at radius 3 is 2.40 bits per heavy atom. The molecule has 0 aliphatic carbocycles. The smallest absolute Gasteiger partial charge is 0.249 e. The van der Waals surface area contributed by atoms with Gasteiger partial charge in [-0.25, -0.2) is 0 Å². The van der Waals surface area contributed by atoms with E-state index in [4.69, 9.17) is 25.6 Å². The van der Waals surface area contributed by atoms with Gasteiger partial charge in [-0.2, -0.15) is 0 Å². The molecule has 1 atom stereocenters. The largest absolute Gasteiger partial charge is 0.367 e. The molecule has 1 rings (SSSR count). The van der Waals surface area contributed by atoms with Gasteiger partial charge in [-0.1, -0.05) is 43.7 Å². The zero-order chi connectivity index (χ0) is 14.8. The third kappa shape index (κ3) is 6.70. The first-order valence-electron chi connectivity index (χ1n) is 6.69. The molecule has 114 valence electrons. The maximum atomic E-state index is 5.95. The number of hydrogen-bond donors (Lipinski definition) is 0. The van der Waals surface area contributed by atoms with E-state index in [1.54, 1.807) is 14.2 Å². The molecule has 0 aliphatic rings. The Bertz CT molecular complexity index is 406. The van der Waals surface area contributed by atoms with E-state index in [1.165, 1.54) is 16.9 Å². The van der Waals surface area contributed by atoms with Gasteiger partial charge in [0.15, 0.2) is 0 Å². The number of benzene rings is 1. The molecule has 0 saturated carbocycles. The van der Waals surface area contributed by atoms with Gasteiger partial charge in [0.25, 0.3) is 0 Å². The average molecular weight is 334 g/mol. The fourth-order valence-electron chi connectivity index (χ4n) is 1.60. The second kappa shape index (κ2) is 9.93. The molecule has 0 spiro atoms. The molecule has 3 nitrogen and oxygen atoms in total. The highest BCUT2D eigenvalue weighted by Crippen LogP contribution is 2.62. The molecule has 20 heavy (non-hydrogen) atoms. The van der Waals surface area contributed by atoms with E-state index in [0.717, 1.165) is 25.9 Å². The summed E-state index contributed by atoms with van der Waals surface area (Å²) in [4.78, 5) is 0. The Morgan fingerprint density at radius 2 is 1.85 bits per heavy atom. The molecular formula is C14H23O3PS2. The van der Waals surface area contributed by atoms with Gasteiger partial charge in [-0.3, -0.25) is 0 Å². The van der Waals surface area contributed by atoms with Crippen molar-refractivity contribution in [1.29, 1.82) is 0 Å². The van der Waals surface area contributed by atoms with E-state index in [0.29, 0.717) is 0 Å². The summed E-state index contributed by atoms with van der Waals surface area (Å²) in [5, 5.41) is 0. The van der Waals surface area contributed by atoms with Crippen molar-refractivity contribution >= 4 is 28.9 Å². The van der Waals surface area contributed by atoms with Crippen LogP contribution in [0, 0.1) is 0 Å². The van der Waals surface area contributed by atoms with Crippen LogP contribution in [0.5, 0.6) is 0 Å². The van der Waals surface area contributed by atoms with Crippen LogP contribution in [0.1, 0.15) is 25.3 Å². The first-order valence-corrected chi connectivity index (χ1v) is 10.8. The lowest BCUT2D eigenvalue weighted by molar-refractivity contribution is 0.111. The Morgan fingerprint density at radius 1 is 1.20 bits per heavy atom. The van der Waals surface area contributed by atoms with E-state index < -0.39 is 5.69 Å². The number of rotatable bonds is 10. The molecule has 6 heteroatoms. The summed E-state index contributed by atoms with van der Waals surface area (Å²) in [6, 6.07) is 10.3. The van der Waals surface area contributed by atoms with Gasteiger partial charge >= 0.3 is 0 Å². The molecule has 0 aromatic heterocycles. The van der Waals surface area contributed by atoms with Crippen molar-refractivity contribution in [3.8, 4) is 0 Å². The summed E-state index contributed by atoms with van der Waals surface area (Å²) in [5.74, 6) is 0. The minimum atomic E-state index is -2.30. The lowest BCUT2D eigenvalue weighted by Gasteiger charge is -2.24. The predicted octanol–water partition coefficient (Wildman–Crippen LogP) is 4.62. The van der Waals surface area contributed by atoms with Crippen LogP contribution in [-0.2, 0) is 32.0 Å². The third-order valence-corrected chi connectivity index (χ3v) is 8.47. The molecule has 0 N–H and O–H groups in total. The highest BCUT2D eigenvalue weighted by molar-refractivity contribution is 8.68. The second-order valence-corrected chi connectivity index (χ2v) is 10.8. The standard InChI is InChI=1S/C14H23O3PS2/c1-4-5-11-17-14(20-18(19,15-2)16-3)12-13-9-7-6-8-10-13/h6-10,14H,4-5,11-12H2,1-3H3. The molecule has 1 unspecified atom stereocenters. The van der Waals surface area contributed by atoms with Crippen molar-refractivity contribution in [2.45, 2.75) is 31.6 Å². The fourth-order valence-corrected chi connectivity index (χ4v) is 5.28. The van der Waals surface area contributed by atoms with Crippen molar-refractivity contribution in [1.82, 2.24) is 0 Å². The minimum Gasteiger partial charge on any atom is -0.367 e. The highest BCUT2D eigenvalue weighted by atomic mass is 32.9. The van der Waals surface area contributed by atoms with Crippen LogP contribution in [0.25, 0.3) is 0 Å². The summed E-state index contributed by atoms with van der Waals surface area (Å²) in [5.41, 5.74) is -1.10. The quantitative estimate of drug-likeness (QED) is 0.353. The van der Waals surface area contributed by atoms with Crippen molar-refractivity contribution < 1.29 is 13.8 Å². The molecule has 0 saturated heterocycles. The normalized spacial score (nSPS) is 13.3. The Balaban J connectivity index is 2.67. The Labute approximate surface area is 131 Å². The summed E-state index contributed by atoms with van der Waals surface area (Å²) in [6.07, 6.45) is 2.97. The van der Waals surface area contributed by atoms with Crippen LogP contribution in [-0.4, -0.2) is 26.3 Å². The Hall–Kier alpha value is 0.1000. The van der Waals surface area contributed by atoms with Crippen LogP contribution in [0.15, 0.2) is 30.3 Å². The summed E-state index contributed by atoms with van der Waals surface area (Å²) < 4.78 is 16.6. The van der Waals surface area contributed by atoms with Gasteiger partial charge < -0.3 is 13.8 Å². The van der Waals surface area contributed by atoms with Crippen molar-refractivity contribution in [2.75, 3.05) is 20.8 Å². The number of hydrogen-bond acceptors (Lipinski definition) is 5. The highest BCUT2D eigenvalue weighted by Gasteiger charge is 2.24. The van der Waals surface area contributed by atoms with E-state index in [1.807, 2.05) is 18.2 Å². The van der Waals surface area contributed by atoms with Crippen molar-refractivity contribution in [3.05, 3.63) is 35.9 Å². The Kier molecular flexibility index (Phi) is 9.01. The van der Waals surface area contributed by atoms with Gasteiger partial charge in [-0.15, -0.1) is 0 Å². The van der Waals surface area contributed by atoms with Gasteiger partial charge in [0, 0.05) is 27.2 Å². The van der Waals surface area contributed by atoms with E-state index in [-0.39, 0.29) is 5.44 Å². The van der Waals surface area contributed by atoms with Crippen LogP contribution in [0.2, 0.25) is 0 Å². The van der Waals surface area contributed by atoms with E-state index >= 15 is 0 Å². The molecule has 0 fully saturated rings. The first-order chi connectivity index (χ1) is 9.63. The molecular weight excluding hydrogens is 311 g/mol. The van der Waals surface area contributed by atoms with Gasteiger partial charge in [0.05, 0.1) is 0 Å². The zero-order valence-corrected chi connectivity index (χ0v) is 14.8. The maximum absolute atomic E-state index is 5.95. The van der Waals surface area contributed by atoms with Crippen LogP contribution in [0.3, 0.4) is 0 Å². The van der Waals surface area contributed by atoms with Gasteiger partial charge in [0.2, 0.25) is 5.69 Å². The zero-order valence-electron chi connectivity index (χ0n) is 12.3. The molecule has 1 aromatic rings. The fraction of sp³-hybridized carbons (Fsp3) is 0.571. The van der Waals surface area contributed by atoms with Crippen molar-refractivity contribution in [2.24, 2.45) is 0 Å². The van der Waals surface area contributed by atoms with Gasteiger partial charge in [-0.05, 0) is 35.2 Å². The van der Waals surface area contributed by atoms with Crippen LogP contribution in [0.4, 0.5) is 0 Å². The molecule has 0 aliphatic heterocycles. The topological polar surface area (TPSA) is 27.7 Å². The molecule has 0 bridgehead atoms.